The van der Waals surface area contributed by atoms with Crippen molar-refractivity contribution in [1.82, 2.24) is 14.1 Å². The van der Waals surface area contributed by atoms with E-state index in [0.717, 1.165) is 78.1 Å². The second-order valence-electron chi connectivity index (χ2n) is 18.2. The average Bonchev–Trinajstić information content (AvgIpc) is 3.91. The van der Waals surface area contributed by atoms with Crippen molar-refractivity contribution in [2.24, 2.45) is 0 Å². The molecule has 0 bridgehead atoms. The van der Waals surface area contributed by atoms with Gasteiger partial charge in [0, 0.05) is 50.5 Å². The van der Waals surface area contributed by atoms with E-state index in [0.29, 0.717) is 11.5 Å². The van der Waals surface area contributed by atoms with Gasteiger partial charge in [-0.2, -0.15) is 12.1 Å². The van der Waals surface area contributed by atoms with Crippen molar-refractivity contribution >= 4 is 21.8 Å². The average molecular weight is 1010 g/mol. The molecule has 10 aromatic rings. The van der Waals surface area contributed by atoms with E-state index in [1.54, 1.807) is 0 Å². The van der Waals surface area contributed by atoms with Gasteiger partial charge in [0.2, 0.25) is 0 Å². The van der Waals surface area contributed by atoms with E-state index in [1.807, 2.05) is 18.3 Å². The second-order valence-corrected chi connectivity index (χ2v) is 18.2. The minimum Gasteiger partial charge on any atom is -0.510 e. The molecule has 0 fully saturated rings. The number of benzene rings is 7. The number of rotatable bonds is 8. The fourth-order valence-electron chi connectivity index (χ4n) is 8.36. The van der Waals surface area contributed by atoms with Crippen molar-refractivity contribution in [3.8, 4) is 62.1 Å². The van der Waals surface area contributed by atoms with Crippen molar-refractivity contribution in [1.29, 1.82) is 0 Å². The Hall–Kier alpha value is -6.81. The third kappa shape index (κ3) is 8.36. The Morgan fingerprint density at radius 3 is 1.73 bits per heavy atom. The van der Waals surface area contributed by atoms with Gasteiger partial charge >= 0.3 is 0 Å². The Balaban J connectivity index is 0.00000518. The van der Waals surface area contributed by atoms with Gasteiger partial charge in [-0.15, -0.1) is 35.2 Å². The predicted octanol–water partition coefficient (Wildman–Crippen LogP) is 14.0. The number of hydrogen-bond acceptors (Lipinski definition) is 2. The number of pyridine rings is 1. The van der Waals surface area contributed by atoms with Crippen LogP contribution in [0.25, 0.3) is 72.4 Å². The molecule has 0 aliphatic carbocycles. The molecule has 0 spiro atoms. The molecule has 0 radical (unpaired) electrons. The van der Waals surface area contributed by atoms with E-state index >= 15 is 0 Å². The molecule has 0 aliphatic rings. The van der Waals surface area contributed by atoms with Gasteiger partial charge in [-0.25, -0.2) is 4.98 Å². The van der Waals surface area contributed by atoms with Crippen LogP contribution in [-0.2, 0) is 31.9 Å². The number of ether oxygens (including phenoxy) is 1. The van der Waals surface area contributed by atoms with Crippen LogP contribution in [0.3, 0.4) is 0 Å². The number of fused-ring (bicyclic) bond motifs is 3. The zero-order valence-corrected chi connectivity index (χ0v) is 39.1. The Morgan fingerprint density at radius 1 is 0.531 bits per heavy atom. The number of para-hydroxylation sites is 1. The Morgan fingerprint density at radius 2 is 1.12 bits per heavy atom. The number of imidazole rings is 1. The maximum Gasteiger partial charge on any atom is 0.267 e. The normalized spacial score (nSPS) is 11.8. The van der Waals surface area contributed by atoms with E-state index in [-0.39, 0.29) is 31.9 Å². The topological polar surface area (TPSA) is 35.9 Å². The summed E-state index contributed by atoms with van der Waals surface area (Å²) >= 11 is 0. The first-order valence-electron chi connectivity index (χ1n) is 21.5. The van der Waals surface area contributed by atoms with E-state index in [1.165, 1.54) is 5.56 Å². The third-order valence-corrected chi connectivity index (χ3v) is 11.7. The summed E-state index contributed by atoms with van der Waals surface area (Å²) in [5.41, 5.74) is 12.5. The first-order valence-corrected chi connectivity index (χ1v) is 21.5. The zero-order valence-electron chi connectivity index (χ0n) is 36.8. The van der Waals surface area contributed by atoms with Crippen LogP contribution in [0.5, 0.6) is 11.5 Å². The molecule has 0 aliphatic heterocycles. The molecule has 3 aromatic heterocycles. The molecule has 7 aromatic carbocycles. The van der Waals surface area contributed by atoms with Gasteiger partial charge in [0.1, 0.15) is 5.82 Å². The molecular formula is C58H48N4OPt-2. The summed E-state index contributed by atoms with van der Waals surface area (Å²) in [6.45, 7) is 13.4. The van der Waals surface area contributed by atoms with Crippen molar-refractivity contribution < 1.29 is 30.4 Å². The first kappa shape index (κ1) is 42.5. The molecular weight excluding hydrogens is 964 g/mol. The van der Waals surface area contributed by atoms with Crippen molar-refractivity contribution in [3.05, 3.63) is 212 Å². The molecule has 318 valence electrons. The van der Waals surface area contributed by atoms with Crippen LogP contribution in [0.2, 0.25) is 0 Å². The summed E-state index contributed by atoms with van der Waals surface area (Å²) in [5.74, 6) is 2.00. The van der Waals surface area contributed by atoms with E-state index in [2.05, 4.69) is 238 Å². The molecule has 0 unspecified atom stereocenters. The van der Waals surface area contributed by atoms with Crippen LogP contribution in [0.1, 0.15) is 52.8 Å². The van der Waals surface area contributed by atoms with Gasteiger partial charge in [0.25, 0.3) is 6.33 Å². The Kier molecular flexibility index (Phi) is 11.3. The van der Waals surface area contributed by atoms with Crippen LogP contribution in [0, 0.1) is 18.5 Å². The van der Waals surface area contributed by atoms with Gasteiger partial charge in [0.05, 0.1) is 11.4 Å². The van der Waals surface area contributed by atoms with Gasteiger partial charge in [-0.3, -0.25) is 4.57 Å². The summed E-state index contributed by atoms with van der Waals surface area (Å²) in [6, 6.07) is 66.7. The number of nitrogens with zero attached hydrogens (tertiary/aromatic N) is 4. The fourth-order valence-corrected chi connectivity index (χ4v) is 8.36. The molecule has 0 N–H and O–H groups in total. The van der Waals surface area contributed by atoms with E-state index in [4.69, 9.17) is 9.72 Å². The molecule has 0 saturated heterocycles. The third-order valence-electron chi connectivity index (χ3n) is 11.7. The minimum atomic E-state index is -0.224. The molecule has 0 amide bonds. The predicted molar refractivity (Wildman–Crippen MR) is 256 cm³/mol. The van der Waals surface area contributed by atoms with Gasteiger partial charge in [-0.05, 0) is 91.7 Å². The van der Waals surface area contributed by atoms with Crippen molar-refractivity contribution in [3.63, 3.8) is 0 Å². The van der Waals surface area contributed by atoms with Gasteiger partial charge in [-0.1, -0.05) is 156 Å². The zero-order chi connectivity index (χ0) is 43.3. The smallest absolute Gasteiger partial charge is 0.267 e. The van der Waals surface area contributed by atoms with Crippen LogP contribution >= 0.6 is 0 Å². The summed E-state index contributed by atoms with van der Waals surface area (Å²) in [5, 5.41) is 2.21. The van der Waals surface area contributed by atoms with Crippen LogP contribution in [-0.4, -0.2) is 14.1 Å². The Labute approximate surface area is 390 Å². The largest absolute Gasteiger partial charge is 0.510 e. The van der Waals surface area contributed by atoms with Crippen molar-refractivity contribution in [2.45, 2.75) is 52.4 Å². The maximum atomic E-state index is 6.82. The molecule has 0 saturated carbocycles. The van der Waals surface area contributed by atoms with Crippen molar-refractivity contribution in [2.75, 3.05) is 0 Å². The second kappa shape index (κ2) is 17.0. The summed E-state index contributed by atoms with van der Waals surface area (Å²) < 4.78 is 13.3. The van der Waals surface area contributed by atoms with Gasteiger partial charge < -0.3 is 13.9 Å². The SMILES string of the molecule is CC(C)(C)c1ccnc(-n2c3[c-]c(Oc4[c-]c(-n5[c-][n+](-c6cc(-c7ccccc7)cc(-c7ccccc7)c6)c(C(C)(C)C)c5)cc(-c5ccccc5)c4)ccc3c3ccccc32)c1.[Pt]. The standard InChI is InChI=1S/C58H48N4O.Pt/c1-57(2,3)46-28-29-59-56(35-46)62-53-25-17-16-24-51(53)52-27-26-49(37-54(52)62)63-50-34-45(42-22-14-9-15-23-42)31-47(36-50)60-38-55(58(4,5)6)61(39-60)48-32-43(40-18-10-7-11-19-40)30-44(33-48)41-20-12-8-13-21-41;/h7-35,38H,1-6H3;/q-2;. The summed E-state index contributed by atoms with van der Waals surface area (Å²) in [4.78, 5) is 4.88. The summed E-state index contributed by atoms with van der Waals surface area (Å²) in [6.07, 6.45) is 7.83. The maximum absolute atomic E-state index is 6.82. The van der Waals surface area contributed by atoms with Crippen LogP contribution in [0.15, 0.2) is 182 Å². The molecule has 10 rings (SSSR count). The quantitative estimate of drug-likeness (QED) is 0.112. The fraction of sp³-hybridized carbons (Fsp3) is 0.138. The van der Waals surface area contributed by atoms with Gasteiger partial charge in [0.15, 0.2) is 0 Å². The minimum absolute atomic E-state index is 0. The van der Waals surface area contributed by atoms with Crippen LogP contribution < -0.4 is 9.30 Å². The Bertz CT molecular complexity index is 3210. The van der Waals surface area contributed by atoms with E-state index < -0.39 is 0 Å². The van der Waals surface area contributed by atoms with Crippen LogP contribution in [0.4, 0.5) is 0 Å². The van der Waals surface area contributed by atoms with E-state index in [9.17, 15) is 0 Å². The number of hydrogen-bond donors (Lipinski definition) is 0. The first-order chi connectivity index (χ1) is 30.5. The molecule has 3 heterocycles. The molecule has 6 heteroatoms. The summed E-state index contributed by atoms with van der Waals surface area (Å²) in [7, 11) is 0. The molecule has 5 nitrogen and oxygen atoms in total. The monoisotopic (exact) mass is 1010 g/mol. The number of aromatic nitrogens is 4. The molecule has 0 atom stereocenters. The molecule has 64 heavy (non-hydrogen) atoms.